The number of pyridine rings is 1. The van der Waals surface area contributed by atoms with Gasteiger partial charge in [0.1, 0.15) is 12.0 Å². The van der Waals surface area contributed by atoms with Crippen LogP contribution in [0.4, 0.5) is 11.5 Å². The van der Waals surface area contributed by atoms with Gasteiger partial charge in [0.2, 0.25) is 0 Å². The van der Waals surface area contributed by atoms with Gasteiger partial charge in [-0.1, -0.05) is 26.7 Å². The van der Waals surface area contributed by atoms with Crippen LogP contribution in [-0.2, 0) is 0 Å². The van der Waals surface area contributed by atoms with Crippen LogP contribution in [0.25, 0.3) is 0 Å². The average molecular weight is 251 g/mol. The molecule has 1 aromatic rings. The largest absolute Gasteiger partial charge is 0.370 e. The summed E-state index contributed by atoms with van der Waals surface area (Å²) < 4.78 is 0. The molecular formula is C13H21N3O2. The molecule has 0 radical (unpaired) electrons. The third-order valence-electron chi connectivity index (χ3n) is 2.79. The summed E-state index contributed by atoms with van der Waals surface area (Å²) in [4.78, 5) is 14.3. The Kier molecular flexibility index (Phi) is 5.55. The van der Waals surface area contributed by atoms with Gasteiger partial charge in [-0.15, -0.1) is 0 Å². The number of hydrogen-bond donors (Lipinski definition) is 1. The Labute approximate surface area is 108 Å². The highest BCUT2D eigenvalue weighted by Gasteiger charge is 2.10. The highest BCUT2D eigenvalue weighted by Crippen LogP contribution is 2.18. The van der Waals surface area contributed by atoms with E-state index in [0.29, 0.717) is 11.4 Å². The van der Waals surface area contributed by atoms with E-state index in [0.717, 1.165) is 18.9 Å². The first kappa shape index (κ1) is 14.4. The van der Waals surface area contributed by atoms with Crippen molar-refractivity contribution in [3.05, 3.63) is 27.9 Å². The monoisotopic (exact) mass is 251 g/mol. The standard InChI is InChI=1S/C13H21N3O2/c1-10(2)6-4-5-7-14-13-8-11(3)12(9-15-13)16(17)18/h8-10H,4-7H2,1-3H3,(H,14,15). The number of nitrogens with one attached hydrogen (secondary N) is 1. The predicted octanol–water partition coefficient (Wildman–Crippen LogP) is 3.54. The summed E-state index contributed by atoms with van der Waals surface area (Å²) in [6.07, 6.45) is 4.83. The van der Waals surface area contributed by atoms with Crippen LogP contribution in [0.1, 0.15) is 38.7 Å². The smallest absolute Gasteiger partial charge is 0.290 e. The normalized spacial score (nSPS) is 10.7. The molecule has 0 amide bonds. The summed E-state index contributed by atoms with van der Waals surface area (Å²) in [6, 6.07) is 1.72. The van der Waals surface area contributed by atoms with E-state index in [4.69, 9.17) is 0 Å². The van der Waals surface area contributed by atoms with Gasteiger partial charge in [0, 0.05) is 12.1 Å². The van der Waals surface area contributed by atoms with E-state index in [9.17, 15) is 10.1 Å². The molecule has 1 N–H and O–H groups in total. The fourth-order valence-corrected chi connectivity index (χ4v) is 1.73. The lowest BCUT2D eigenvalue weighted by atomic mass is 10.1. The molecular weight excluding hydrogens is 230 g/mol. The summed E-state index contributed by atoms with van der Waals surface area (Å²) >= 11 is 0. The van der Waals surface area contributed by atoms with Gasteiger partial charge in [0.25, 0.3) is 5.69 Å². The van der Waals surface area contributed by atoms with Gasteiger partial charge < -0.3 is 5.32 Å². The Hall–Kier alpha value is -1.65. The van der Waals surface area contributed by atoms with E-state index in [2.05, 4.69) is 24.1 Å². The second kappa shape index (κ2) is 6.93. The molecule has 1 heterocycles. The molecule has 0 aliphatic rings. The molecule has 100 valence electrons. The van der Waals surface area contributed by atoms with Crippen molar-refractivity contribution in [1.82, 2.24) is 4.98 Å². The molecule has 5 heteroatoms. The van der Waals surface area contributed by atoms with E-state index in [1.54, 1.807) is 13.0 Å². The van der Waals surface area contributed by atoms with Crippen molar-refractivity contribution in [2.24, 2.45) is 5.92 Å². The van der Waals surface area contributed by atoms with Crippen molar-refractivity contribution >= 4 is 11.5 Å². The quantitative estimate of drug-likeness (QED) is 0.457. The van der Waals surface area contributed by atoms with Crippen LogP contribution >= 0.6 is 0 Å². The fraction of sp³-hybridized carbons (Fsp3) is 0.615. The molecule has 0 aliphatic carbocycles. The number of unbranched alkanes of at least 4 members (excludes halogenated alkanes) is 1. The van der Waals surface area contributed by atoms with Gasteiger partial charge in [-0.2, -0.15) is 0 Å². The Morgan fingerprint density at radius 3 is 2.72 bits per heavy atom. The summed E-state index contributed by atoms with van der Waals surface area (Å²) in [6.45, 7) is 7.02. The van der Waals surface area contributed by atoms with Gasteiger partial charge in [-0.25, -0.2) is 4.98 Å². The van der Waals surface area contributed by atoms with Gasteiger partial charge in [0.05, 0.1) is 4.92 Å². The van der Waals surface area contributed by atoms with Crippen molar-refractivity contribution in [1.29, 1.82) is 0 Å². The minimum atomic E-state index is -0.408. The molecule has 5 nitrogen and oxygen atoms in total. The first-order chi connectivity index (χ1) is 8.50. The van der Waals surface area contributed by atoms with Crippen molar-refractivity contribution in [2.75, 3.05) is 11.9 Å². The third kappa shape index (κ3) is 4.69. The van der Waals surface area contributed by atoms with E-state index in [-0.39, 0.29) is 5.69 Å². The maximum Gasteiger partial charge on any atom is 0.290 e. The van der Waals surface area contributed by atoms with Gasteiger partial charge in [-0.05, 0) is 25.3 Å². The maximum atomic E-state index is 10.6. The number of hydrogen-bond acceptors (Lipinski definition) is 4. The topological polar surface area (TPSA) is 68.1 Å². The Balaban J connectivity index is 2.39. The molecule has 0 aliphatic heterocycles. The minimum absolute atomic E-state index is 0.0698. The maximum absolute atomic E-state index is 10.6. The molecule has 0 aromatic carbocycles. The minimum Gasteiger partial charge on any atom is -0.370 e. The summed E-state index contributed by atoms with van der Waals surface area (Å²) in [5.41, 5.74) is 0.708. The number of aryl methyl sites for hydroxylation is 1. The number of nitrogens with zero attached hydrogens (tertiary/aromatic N) is 2. The van der Waals surface area contributed by atoms with Crippen molar-refractivity contribution in [3.8, 4) is 0 Å². The van der Waals surface area contributed by atoms with Crippen LogP contribution in [0.5, 0.6) is 0 Å². The summed E-state index contributed by atoms with van der Waals surface area (Å²) in [5, 5.41) is 13.8. The molecule has 0 saturated carbocycles. The molecule has 18 heavy (non-hydrogen) atoms. The zero-order chi connectivity index (χ0) is 13.5. The first-order valence-electron chi connectivity index (χ1n) is 6.35. The van der Waals surface area contributed by atoms with E-state index < -0.39 is 4.92 Å². The Morgan fingerprint density at radius 2 is 2.17 bits per heavy atom. The van der Waals surface area contributed by atoms with Crippen LogP contribution in [0.15, 0.2) is 12.3 Å². The lowest BCUT2D eigenvalue weighted by Crippen LogP contribution is -2.05. The van der Waals surface area contributed by atoms with E-state index in [1.807, 2.05) is 0 Å². The SMILES string of the molecule is Cc1cc(NCCCCC(C)C)ncc1[N+](=O)[O-]. The van der Waals surface area contributed by atoms with Gasteiger partial charge in [-0.3, -0.25) is 10.1 Å². The van der Waals surface area contributed by atoms with Crippen LogP contribution in [0.3, 0.4) is 0 Å². The van der Waals surface area contributed by atoms with Crippen LogP contribution < -0.4 is 5.32 Å². The molecule has 0 bridgehead atoms. The number of anilines is 1. The highest BCUT2D eigenvalue weighted by atomic mass is 16.6. The Bertz CT molecular complexity index is 405. The lowest BCUT2D eigenvalue weighted by Gasteiger charge is -2.07. The molecule has 0 fully saturated rings. The van der Waals surface area contributed by atoms with E-state index >= 15 is 0 Å². The van der Waals surface area contributed by atoms with Gasteiger partial charge in [0.15, 0.2) is 0 Å². The van der Waals surface area contributed by atoms with Crippen molar-refractivity contribution in [2.45, 2.75) is 40.0 Å². The zero-order valence-corrected chi connectivity index (χ0v) is 11.3. The molecule has 0 saturated heterocycles. The van der Waals surface area contributed by atoms with Crippen LogP contribution in [0.2, 0.25) is 0 Å². The molecule has 1 rings (SSSR count). The fourth-order valence-electron chi connectivity index (χ4n) is 1.73. The molecule has 0 unspecified atom stereocenters. The Morgan fingerprint density at radius 1 is 1.44 bits per heavy atom. The third-order valence-corrected chi connectivity index (χ3v) is 2.79. The molecule has 0 atom stereocenters. The second-order valence-corrected chi connectivity index (χ2v) is 4.93. The number of nitro groups is 1. The summed E-state index contributed by atoms with van der Waals surface area (Å²) in [7, 11) is 0. The average Bonchev–Trinajstić information content (AvgIpc) is 2.27. The van der Waals surface area contributed by atoms with Crippen LogP contribution in [0, 0.1) is 23.0 Å². The van der Waals surface area contributed by atoms with Gasteiger partial charge >= 0.3 is 0 Å². The molecule has 0 spiro atoms. The number of aromatic nitrogens is 1. The predicted molar refractivity (Wildman–Crippen MR) is 72.8 cm³/mol. The highest BCUT2D eigenvalue weighted by molar-refractivity contribution is 5.46. The van der Waals surface area contributed by atoms with Crippen molar-refractivity contribution in [3.63, 3.8) is 0 Å². The van der Waals surface area contributed by atoms with Crippen LogP contribution in [-0.4, -0.2) is 16.5 Å². The zero-order valence-electron chi connectivity index (χ0n) is 11.3. The second-order valence-electron chi connectivity index (χ2n) is 4.93. The number of rotatable bonds is 7. The first-order valence-corrected chi connectivity index (χ1v) is 6.35. The lowest BCUT2D eigenvalue weighted by molar-refractivity contribution is -0.385. The van der Waals surface area contributed by atoms with E-state index in [1.165, 1.54) is 19.0 Å². The molecule has 1 aromatic heterocycles. The summed E-state index contributed by atoms with van der Waals surface area (Å²) in [5.74, 6) is 1.45. The van der Waals surface area contributed by atoms with Crippen molar-refractivity contribution < 1.29 is 4.92 Å².